The summed E-state index contributed by atoms with van der Waals surface area (Å²) in [6.45, 7) is 2.10. The molecule has 3 N–H and O–H groups in total. The highest BCUT2D eigenvalue weighted by Crippen LogP contribution is 2.25. The summed E-state index contributed by atoms with van der Waals surface area (Å²) < 4.78 is 1.06. The summed E-state index contributed by atoms with van der Waals surface area (Å²) in [5.74, 6) is 0. The zero-order valence-corrected chi connectivity index (χ0v) is 10.8. The lowest BCUT2D eigenvalue weighted by molar-refractivity contribution is 0.179. The van der Waals surface area contributed by atoms with Crippen molar-refractivity contribution >= 4 is 21.6 Å². The van der Waals surface area contributed by atoms with Gasteiger partial charge in [-0.3, -0.25) is 0 Å². The van der Waals surface area contributed by atoms with Gasteiger partial charge >= 0.3 is 0 Å². The topological polar surface area (TPSA) is 44.3 Å². The van der Waals surface area contributed by atoms with Crippen molar-refractivity contribution in [2.75, 3.05) is 25.0 Å². The standard InChI is InChI=1S/C12H17BrN2O/c13-10-2-1-3-11(8-10)15-12(9-16)4-6-14-7-5-12/h1-3,8,14-16H,4-7,9H2. The number of halogens is 1. The van der Waals surface area contributed by atoms with Gasteiger partial charge in [-0.25, -0.2) is 0 Å². The molecule has 2 rings (SSSR count). The van der Waals surface area contributed by atoms with Gasteiger partial charge in [0.25, 0.3) is 0 Å². The SMILES string of the molecule is OCC1(Nc2cccc(Br)c2)CCNCC1. The van der Waals surface area contributed by atoms with Crippen LogP contribution in [0.1, 0.15) is 12.8 Å². The lowest BCUT2D eigenvalue weighted by Gasteiger charge is -2.37. The Labute approximate surface area is 104 Å². The van der Waals surface area contributed by atoms with Crippen LogP contribution in [0.3, 0.4) is 0 Å². The molecule has 0 radical (unpaired) electrons. The van der Waals surface area contributed by atoms with Gasteiger partial charge in [-0.05, 0) is 44.1 Å². The average molecular weight is 285 g/mol. The van der Waals surface area contributed by atoms with Crippen LogP contribution in [0.4, 0.5) is 5.69 Å². The molecule has 0 aromatic heterocycles. The molecule has 16 heavy (non-hydrogen) atoms. The normalized spacial score (nSPS) is 19.4. The average Bonchev–Trinajstić information content (AvgIpc) is 2.30. The Kier molecular flexibility index (Phi) is 3.84. The summed E-state index contributed by atoms with van der Waals surface area (Å²) in [7, 11) is 0. The highest BCUT2D eigenvalue weighted by molar-refractivity contribution is 9.10. The summed E-state index contributed by atoms with van der Waals surface area (Å²) in [5.41, 5.74) is 0.900. The molecule has 0 amide bonds. The third kappa shape index (κ3) is 2.75. The fourth-order valence-corrected chi connectivity index (χ4v) is 2.50. The fraction of sp³-hybridized carbons (Fsp3) is 0.500. The second kappa shape index (κ2) is 5.17. The molecule has 1 fully saturated rings. The highest BCUT2D eigenvalue weighted by Gasteiger charge is 2.30. The molecule has 1 aromatic rings. The molecule has 88 valence electrons. The lowest BCUT2D eigenvalue weighted by atomic mass is 9.89. The zero-order chi connectivity index (χ0) is 11.4. The van der Waals surface area contributed by atoms with Gasteiger partial charge in [0.2, 0.25) is 0 Å². The van der Waals surface area contributed by atoms with Crippen molar-refractivity contribution in [2.45, 2.75) is 18.4 Å². The minimum atomic E-state index is -0.161. The van der Waals surface area contributed by atoms with Gasteiger partial charge in [-0.15, -0.1) is 0 Å². The van der Waals surface area contributed by atoms with Gasteiger partial charge < -0.3 is 15.7 Å². The molecule has 1 aliphatic rings. The second-order valence-electron chi connectivity index (χ2n) is 4.32. The Hall–Kier alpha value is -0.580. The Morgan fingerprint density at radius 3 is 2.75 bits per heavy atom. The maximum Gasteiger partial charge on any atom is 0.0662 e. The van der Waals surface area contributed by atoms with Crippen LogP contribution in [0, 0.1) is 0 Å². The Balaban J connectivity index is 2.11. The van der Waals surface area contributed by atoms with E-state index in [1.807, 2.05) is 24.3 Å². The molecule has 4 heteroatoms. The van der Waals surface area contributed by atoms with E-state index >= 15 is 0 Å². The van der Waals surface area contributed by atoms with E-state index in [0.29, 0.717) is 0 Å². The first-order valence-corrected chi connectivity index (χ1v) is 6.39. The number of aliphatic hydroxyl groups is 1. The quantitative estimate of drug-likeness (QED) is 0.795. The monoisotopic (exact) mass is 284 g/mol. The molecule has 0 bridgehead atoms. The van der Waals surface area contributed by atoms with Crippen molar-refractivity contribution in [3.05, 3.63) is 28.7 Å². The van der Waals surface area contributed by atoms with Crippen molar-refractivity contribution in [3.8, 4) is 0 Å². The first-order valence-electron chi connectivity index (χ1n) is 5.59. The maximum absolute atomic E-state index is 9.57. The number of hydrogen-bond donors (Lipinski definition) is 3. The van der Waals surface area contributed by atoms with Crippen LogP contribution in [-0.2, 0) is 0 Å². The zero-order valence-electron chi connectivity index (χ0n) is 9.17. The van der Waals surface area contributed by atoms with Crippen LogP contribution < -0.4 is 10.6 Å². The van der Waals surface area contributed by atoms with E-state index in [-0.39, 0.29) is 12.1 Å². The third-order valence-corrected chi connectivity index (χ3v) is 3.59. The van der Waals surface area contributed by atoms with E-state index in [4.69, 9.17) is 0 Å². The molecule has 0 unspecified atom stereocenters. The molecular weight excluding hydrogens is 268 g/mol. The summed E-state index contributed by atoms with van der Waals surface area (Å²) >= 11 is 3.45. The smallest absolute Gasteiger partial charge is 0.0662 e. The second-order valence-corrected chi connectivity index (χ2v) is 5.24. The van der Waals surface area contributed by atoms with Gasteiger partial charge in [0.15, 0.2) is 0 Å². The highest BCUT2D eigenvalue weighted by atomic mass is 79.9. The van der Waals surface area contributed by atoms with E-state index in [0.717, 1.165) is 36.1 Å². The molecule has 1 saturated heterocycles. The fourth-order valence-electron chi connectivity index (χ4n) is 2.10. The Morgan fingerprint density at radius 1 is 1.38 bits per heavy atom. The van der Waals surface area contributed by atoms with Crippen LogP contribution >= 0.6 is 15.9 Å². The molecule has 0 aliphatic carbocycles. The van der Waals surface area contributed by atoms with Crippen molar-refractivity contribution in [1.29, 1.82) is 0 Å². The Morgan fingerprint density at radius 2 is 2.12 bits per heavy atom. The summed E-state index contributed by atoms with van der Waals surface area (Å²) in [6, 6.07) is 8.07. The first kappa shape index (κ1) is 11.9. The number of aliphatic hydroxyl groups excluding tert-OH is 1. The summed E-state index contributed by atoms with van der Waals surface area (Å²) in [4.78, 5) is 0. The Bertz CT molecular complexity index is 351. The van der Waals surface area contributed by atoms with E-state index in [2.05, 4.69) is 26.6 Å². The molecule has 0 spiro atoms. The van der Waals surface area contributed by atoms with E-state index in [1.54, 1.807) is 0 Å². The number of nitrogens with one attached hydrogen (secondary N) is 2. The van der Waals surface area contributed by atoms with Crippen LogP contribution in [0.2, 0.25) is 0 Å². The van der Waals surface area contributed by atoms with Gasteiger partial charge in [-0.1, -0.05) is 22.0 Å². The molecule has 0 atom stereocenters. The molecule has 1 aromatic carbocycles. The third-order valence-electron chi connectivity index (χ3n) is 3.10. The van der Waals surface area contributed by atoms with Gasteiger partial charge in [0.05, 0.1) is 12.1 Å². The number of rotatable bonds is 3. The van der Waals surface area contributed by atoms with Crippen molar-refractivity contribution in [2.24, 2.45) is 0 Å². The lowest BCUT2D eigenvalue weighted by Crippen LogP contribution is -2.50. The minimum Gasteiger partial charge on any atom is -0.394 e. The van der Waals surface area contributed by atoms with Gasteiger partial charge in [0.1, 0.15) is 0 Å². The molecule has 0 saturated carbocycles. The molecule has 3 nitrogen and oxygen atoms in total. The number of hydrogen-bond acceptors (Lipinski definition) is 3. The van der Waals surface area contributed by atoms with Crippen LogP contribution in [-0.4, -0.2) is 30.3 Å². The predicted molar refractivity (Wildman–Crippen MR) is 69.7 cm³/mol. The van der Waals surface area contributed by atoms with E-state index < -0.39 is 0 Å². The predicted octanol–water partition coefficient (Wildman–Crippen LogP) is 1.98. The van der Waals surface area contributed by atoms with Gasteiger partial charge in [0, 0.05) is 10.2 Å². The minimum absolute atomic E-state index is 0.161. The molecule has 1 aliphatic heterocycles. The van der Waals surface area contributed by atoms with Crippen LogP contribution in [0.25, 0.3) is 0 Å². The van der Waals surface area contributed by atoms with E-state index in [1.165, 1.54) is 0 Å². The molecule has 1 heterocycles. The van der Waals surface area contributed by atoms with Crippen LogP contribution in [0.15, 0.2) is 28.7 Å². The van der Waals surface area contributed by atoms with Crippen molar-refractivity contribution in [3.63, 3.8) is 0 Å². The van der Waals surface area contributed by atoms with Gasteiger partial charge in [-0.2, -0.15) is 0 Å². The number of benzene rings is 1. The van der Waals surface area contributed by atoms with E-state index in [9.17, 15) is 5.11 Å². The van der Waals surface area contributed by atoms with Crippen molar-refractivity contribution < 1.29 is 5.11 Å². The maximum atomic E-state index is 9.57. The first-order chi connectivity index (χ1) is 7.74. The number of anilines is 1. The largest absolute Gasteiger partial charge is 0.394 e. The van der Waals surface area contributed by atoms with Crippen LogP contribution in [0.5, 0.6) is 0 Å². The molecular formula is C12H17BrN2O. The van der Waals surface area contributed by atoms with Crippen molar-refractivity contribution in [1.82, 2.24) is 5.32 Å². The summed E-state index contributed by atoms with van der Waals surface area (Å²) in [6.07, 6.45) is 1.91. The number of piperidine rings is 1. The summed E-state index contributed by atoms with van der Waals surface area (Å²) in [5, 5.41) is 16.3.